The first-order valence-electron chi connectivity index (χ1n) is 7.36. The molecule has 0 saturated carbocycles. The molecule has 0 atom stereocenters. The van der Waals surface area contributed by atoms with Gasteiger partial charge in [0.25, 0.3) is 0 Å². The van der Waals surface area contributed by atoms with Gasteiger partial charge in [0, 0.05) is 12.1 Å². The summed E-state index contributed by atoms with van der Waals surface area (Å²) in [4.78, 5) is 6.97. The van der Waals surface area contributed by atoms with Gasteiger partial charge in [-0.05, 0) is 51.3 Å². The quantitative estimate of drug-likeness (QED) is 0.810. The van der Waals surface area contributed by atoms with Gasteiger partial charge in [0.2, 0.25) is 0 Å². The van der Waals surface area contributed by atoms with Crippen LogP contribution < -0.4 is 4.74 Å². The molecule has 1 aromatic heterocycles. The van der Waals surface area contributed by atoms with Gasteiger partial charge in [-0.15, -0.1) is 0 Å². The number of aromatic nitrogens is 1. The first-order chi connectivity index (χ1) is 9.12. The monoisotopic (exact) mass is 278 g/mol. The van der Waals surface area contributed by atoms with E-state index in [1.807, 2.05) is 6.07 Å². The van der Waals surface area contributed by atoms with Crippen LogP contribution in [0.3, 0.4) is 0 Å². The summed E-state index contributed by atoms with van der Waals surface area (Å²) in [6, 6.07) is 4.03. The molecule has 0 fully saturated rings. The molecule has 114 valence electrons. The zero-order valence-corrected chi connectivity index (χ0v) is 14.2. The van der Waals surface area contributed by atoms with Crippen molar-refractivity contribution in [1.82, 2.24) is 9.88 Å². The highest BCUT2D eigenvalue weighted by atomic mass is 16.5. The number of methoxy groups -OCH3 is 1. The highest BCUT2D eigenvalue weighted by Gasteiger charge is 2.23. The topological polar surface area (TPSA) is 25.4 Å². The number of pyridine rings is 1. The van der Waals surface area contributed by atoms with Gasteiger partial charge in [0.15, 0.2) is 0 Å². The Morgan fingerprint density at radius 3 is 2.15 bits per heavy atom. The van der Waals surface area contributed by atoms with Gasteiger partial charge in [-0.1, -0.05) is 20.8 Å². The molecule has 0 amide bonds. The van der Waals surface area contributed by atoms with E-state index in [0.717, 1.165) is 24.5 Å². The number of hydrogen-bond acceptors (Lipinski definition) is 3. The molecule has 0 spiro atoms. The third-order valence-corrected chi connectivity index (χ3v) is 3.47. The van der Waals surface area contributed by atoms with Crippen LogP contribution in [0.4, 0.5) is 0 Å². The van der Waals surface area contributed by atoms with Crippen molar-refractivity contribution in [3.8, 4) is 5.75 Å². The lowest BCUT2D eigenvalue weighted by Gasteiger charge is -2.37. The first kappa shape index (κ1) is 17.0. The molecular formula is C17H30N2O. The maximum absolute atomic E-state index is 5.16. The van der Waals surface area contributed by atoms with Gasteiger partial charge >= 0.3 is 0 Å². The average Bonchev–Trinajstić information content (AvgIpc) is 2.32. The van der Waals surface area contributed by atoms with Gasteiger partial charge in [0.05, 0.1) is 19.0 Å². The van der Waals surface area contributed by atoms with Crippen molar-refractivity contribution < 1.29 is 4.74 Å². The van der Waals surface area contributed by atoms with E-state index in [4.69, 9.17) is 4.74 Å². The molecule has 0 unspecified atom stereocenters. The normalized spacial score (nSPS) is 12.8. The van der Waals surface area contributed by atoms with Crippen LogP contribution in [-0.4, -0.2) is 29.1 Å². The Hall–Kier alpha value is -1.09. The SMILES string of the molecule is COc1ccc(CN(CCC(C)(C)C)C(C)(C)C)nc1. The Bertz CT molecular complexity index is 398. The summed E-state index contributed by atoms with van der Waals surface area (Å²) < 4.78 is 5.16. The lowest BCUT2D eigenvalue weighted by atomic mass is 9.91. The molecule has 1 heterocycles. The van der Waals surface area contributed by atoms with Gasteiger partial charge in [-0.25, -0.2) is 0 Å². The Morgan fingerprint density at radius 2 is 1.75 bits per heavy atom. The molecule has 0 aliphatic carbocycles. The third-order valence-electron chi connectivity index (χ3n) is 3.47. The number of hydrogen-bond donors (Lipinski definition) is 0. The summed E-state index contributed by atoms with van der Waals surface area (Å²) in [5.74, 6) is 0.811. The Labute approximate surface area is 124 Å². The van der Waals surface area contributed by atoms with E-state index in [1.165, 1.54) is 6.42 Å². The highest BCUT2D eigenvalue weighted by Crippen LogP contribution is 2.24. The van der Waals surface area contributed by atoms with Crippen LogP contribution in [-0.2, 0) is 6.54 Å². The van der Waals surface area contributed by atoms with Crippen molar-refractivity contribution in [3.05, 3.63) is 24.0 Å². The Balaban J connectivity index is 2.73. The Kier molecular flexibility index (Phi) is 5.58. The summed E-state index contributed by atoms with van der Waals surface area (Å²) in [6.45, 7) is 15.6. The lowest BCUT2D eigenvalue weighted by molar-refractivity contribution is 0.108. The standard InChI is InChI=1S/C17H30N2O/c1-16(2,3)10-11-19(17(4,5)6)13-14-8-9-15(20-7)12-18-14/h8-9,12H,10-11,13H2,1-7H3. The minimum atomic E-state index is 0.146. The molecule has 1 aromatic rings. The summed E-state index contributed by atoms with van der Waals surface area (Å²) in [7, 11) is 1.67. The fourth-order valence-electron chi connectivity index (χ4n) is 1.94. The van der Waals surface area contributed by atoms with E-state index in [1.54, 1.807) is 13.3 Å². The number of nitrogens with zero attached hydrogens (tertiary/aromatic N) is 2. The van der Waals surface area contributed by atoms with Crippen LogP contribution in [0.5, 0.6) is 5.75 Å². The van der Waals surface area contributed by atoms with Crippen LogP contribution in [0.25, 0.3) is 0 Å². The Morgan fingerprint density at radius 1 is 1.10 bits per heavy atom. The third kappa shape index (κ3) is 5.91. The molecule has 3 nitrogen and oxygen atoms in total. The van der Waals surface area contributed by atoms with E-state index in [0.29, 0.717) is 5.41 Å². The van der Waals surface area contributed by atoms with E-state index in [2.05, 4.69) is 57.5 Å². The van der Waals surface area contributed by atoms with Crippen molar-refractivity contribution in [2.45, 2.75) is 60.0 Å². The summed E-state index contributed by atoms with van der Waals surface area (Å²) >= 11 is 0. The van der Waals surface area contributed by atoms with Crippen molar-refractivity contribution >= 4 is 0 Å². The van der Waals surface area contributed by atoms with Crippen molar-refractivity contribution in [2.24, 2.45) is 5.41 Å². The van der Waals surface area contributed by atoms with E-state index < -0.39 is 0 Å². The van der Waals surface area contributed by atoms with Gasteiger partial charge < -0.3 is 4.74 Å². The van der Waals surface area contributed by atoms with Crippen LogP contribution in [0.15, 0.2) is 18.3 Å². The second-order valence-electron chi connectivity index (χ2n) is 7.59. The molecule has 0 aliphatic heterocycles. The number of rotatable bonds is 5. The summed E-state index contributed by atoms with van der Waals surface area (Å²) in [5.41, 5.74) is 1.60. The average molecular weight is 278 g/mol. The highest BCUT2D eigenvalue weighted by molar-refractivity contribution is 5.19. The minimum Gasteiger partial charge on any atom is -0.495 e. The van der Waals surface area contributed by atoms with Crippen LogP contribution in [0.2, 0.25) is 0 Å². The predicted molar refractivity (Wildman–Crippen MR) is 85.0 cm³/mol. The second kappa shape index (κ2) is 6.57. The number of ether oxygens (including phenoxy) is 1. The van der Waals surface area contributed by atoms with Crippen molar-refractivity contribution in [2.75, 3.05) is 13.7 Å². The molecule has 1 rings (SSSR count). The molecule has 0 radical (unpaired) electrons. The zero-order valence-electron chi connectivity index (χ0n) is 14.2. The van der Waals surface area contributed by atoms with Crippen LogP contribution in [0, 0.1) is 5.41 Å². The minimum absolute atomic E-state index is 0.146. The fourth-order valence-corrected chi connectivity index (χ4v) is 1.94. The second-order valence-corrected chi connectivity index (χ2v) is 7.59. The van der Waals surface area contributed by atoms with Crippen molar-refractivity contribution in [3.63, 3.8) is 0 Å². The zero-order chi connectivity index (χ0) is 15.4. The van der Waals surface area contributed by atoms with Gasteiger partial charge in [0.1, 0.15) is 5.75 Å². The smallest absolute Gasteiger partial charge is 0.137 e. The van der Waals surface area contributed by atoms with Crippen molar-refractivity contribution in [1.29, 1.82) is 0 Å². The van der Waals surface area contributed by atoms with Gasteiger partial charge in [-0.2, -0.15) is 0 Å². The van der Waals surface area contributed by atoms with Gasteiger partial charge in [-0.3, -0.25) is 9.88 Å². The summed E-state index contributed by atoms with van der Waals surface area (Å²) in [6.07, 6.45) is 2.97. The van der Waals surface area contributed by atoms with E-state index in [9.17, 15) is 0 Å². The van der Waals surface area contributed by atoms with Crippen LogP contribution >= 0.6 is 0 Å². The van der Waals surface area contributed by atoms with E-state index >= 15 is 0 Å². The largest absolute Gasteiger partial charge is 0.495 e. The molecule has 0 bridgehead atoms. The predicted octanol–water partition coefficient (Wildman–Crippen LogP) is 4.13. The maximum Gasteiger partial charge on any atom is 0.137 e. The summed E-state index contributed by atoms with van der Waals surface area (Å²) in [5, 5.41) is 0. The molecule has 0 saturated heterocycles. The molecule has 3 heteroatoms. The molecular weight excluding hydrogens is 248 g/mol. The lowest BCUT2D eigenvalue weighted by Crippen LogP contribution is -2.42. The molecule has 0 N–H and O–H groups in total. The molecule has 0 aliphatic rings. The van der Waals surface area contributed by atoms with E-state index in [-0.39, 0.29) is 5.54 Å². The molecule has 20 heavy (non-hydrogen) atoms. The molecule has 0 aromatic carbocycles. The maximum atomic E-state index is 5.16. The fraction of sp³-hybridized carbons (Fsp3) is 0.706. The first-order valence-corrected chi connectivity index (χ1v) is 7.36. The van der Waals surface area contributed by atoms with Crippen LogP contribution in [0.1, 0.15) is 53.7 Å².